The molecule has 2 amide bonds. The summed E-state index contributed by atoms with van der Waals surface area (Å²) in [7, 11) is -4.08. The van der Waals surface area contributed by atoms with E-state index in [0.29, 0.717) is 18.7 Å². The number of hydrogen-bond acceptors (Lipinski definition) is 4. The van der Waals surface area contributed by atoms with E-state index < -0.39 is 28.5 Å². The number of benzene rings is 3. The smallest absolute Gasteiger partial charge is 0.264 e. The van der Waals surface area contributed by atoms with Crippen LogP contribution in [0.3, 0.4) is 0 Å². The van der Waals surface area contributed by atoms with Crippen LogP contribution in [0, 0.1) is 20.8 Å². The van der Waals surface area contributed by atoms with Gasteiger partial charge in [0.15, 0.2) is 0 Å². The lowest BCUT2D eigenvalue weighted by atomic mass is 10.1. The Hall–Kier alpha value is -3.65. The van der Waals surface area contributed by atoms with E-state index in [1.165, 1.54) is 4.90 Å². The predicted molar refractivity (Wildman–Crippen MR) is 156 cm³/mol. The van der Waals surface area contributed by atoms with Crippen molar-refractivity contribution in [3.05, 3.63) is 95.1 Å². The van der Waals surface area contributed by atoms with Gasteiger partial charge >= 0.3 is 0 Å². The molecule has 0 radical (unpaired) electrons. The van der Waals surface area contributed by atoms with Crippen LogP contribution in [-0.2, 0) is 26.2 Å². The van der Waals surface area contributed by atoms with Gasteiger partial charge in [0.2, 0.25) is 11.8 Å². The maximum absolute atomic E-state index is 14.0. The van der Waals surface area contributed by atoms with Crippen LogP contribution in [0.25, 0.3) is 0 Å². The molecule has 3 aromatic rings. The molecule has 0 heterocycles. The number of anilines is 1. The molecule has 3 aromatic carbocycles. The van der Waals surface area contributed by atoms with E-state index in [0.717, 1.165) is 33.0 Å². The Morgan fingerprint density at radius 3 is 2.13 bits per heavy atom. The number of sulfonamides is 1. The maximum Gasteiger partial charge on any atom is 0.264 e. The van der Waals surface area contributed by atoms with Crippen LogP contribution >= 0.6 is 0 Å². The maximum atomic E-state index is 14.0. The summed E-state index contributed by atoms with van der Waals surface area (Å²) in [6.07, 6.45) is 1.16. The Balaban J connectivity index is 2.06. The number of nitrogens with zero attached hydrogens (tertiary/aromatic N) is 2. The van der Waals surface area contributed by atoms with E-state index in [2.05, 4.69) is 5.32 Å². The molecule has 0 aliphatic rings. The number of nitrogens with one attached hydrogen (secondary N) is 1. The Morgan fingerprint density at radius 1 is 0.872 bits per heavy atom. The normalized spacial score (nSPS) is 12.0. The number of hydrogen-bond donors (Lipinski definition) is 1. The number of carbonyl (C=O) groups is 2. The highest BCUT2D eigenvalue weighted by Gasteiger charge is 2.33. The second-order valence-electron chi connectivity index (χ2n) is 9.82. The minimum Gasteiger partial charge on any atom is -0.354 e. The van der Waals surface area contributed by atoms with Gasteiger partial charge in [0.25, 0.3) is 10.0 Å². The van der Waals surface area contributed by atoms with Crippen LogP contribution in [-0.4, -0.2) is 44.3 Å². The van der Waals surface area contributed by atoms with Crippen molar-refractivity contribution in [3.8, 4) is 0 Å². The highest BCUT2D eigenvalue weighted by Crippen LogP contribution is 2.27. The summed E-state index contributed by atoms with van der Waals surface area (Å²) in [6, 6.07) is 20.6. The van der Waals surface area contributed by atoms with Gasteiger partial charge in [0.05, 0.1) is 10.6 Å². The summed E-state index contributed by atoms with van der Waals surface area (Å²) in [5.41, 5.74) is 4.11. The lowest BCUT2D eigenvalue weighted by Crippen LogP contribution is -2.52. The van der Waals surface area contributed by atoms with Crippen LogP contribution in [0.5, 0.6) is 0 Å². The fraction of sp³-hybridized carbons (Fsp3) is 0.355. The Kier molecular flexibility index (Phi) is 10.3. The highest BCUT2D eigenvalue weighted by atomic mass is 32.2. The molecule has 8 heteroatoms. The third kappa shape index (κ3) is 7.47. The second kappa shape index (κ2) is 13.4. The summed E-state index contributed by atoms with van der Waals surface area (Å²) >= 11 is 0. The lowest BCUT2D eigenvalue weighted by Gasteiger charge is -2.33. The first-order chi connectivity index (χ1) is 18.6. The fourth-order valence-electron chi connectivity index (χ4n) is 4.31. The molecule has 0 aromatic heterocycles. The summed E-state index contributed by atoms with van der Waals surface area (Å²) in [5.74, 6) is -0.700. The van der Waals surface area contributed by atoms with Crippen LogP contribution in [0.4, 0.5) is 5.69 Å². The molecule has 0 spiro atoms. The van der Waals surface area contributed by atoms with E-state index >= 15 is 0 Å². The Labute approximate surface area is 232 Å². The fourth-order valence-corrected chi connectivity index (χ4v) is 5.72. The molecule has 1 atom stereocenters. The molecule has 208 valence electrons. The monoisotopic (exact) mass is 549 g/mol. The average molecular weight is 550 g/mol. The van der Waals surface area contributed by atoms with Gasteiger partial charge in [0.1, 0.15) is 12.6 Å². The number of rotatable bonds is 12. The molecule has 7 nitrogen and oxygen atoms in total. The van der Waals surface area contributed by atoms with Gasteiger partial charge < -0.3 is 10.2 Å². The van der Waals surface area contributed by atoms with Crippen molar-refractivity contribution in [2.75, 3.05) is 17.4 Å². The van der Waals surface area contributed by atoms with Gasteiger partial charge in [0, 0.05) is 13.1 Å². The van der Waals surface area contributed by atoms with E-state index in [1.54, 1.807) is 36.4 Å². The van der Waals surface area contributed by atoms with Crippen molar-refractivity contribution in [2.45, 2.75) is 64.9 Å². The van der Waals surface area contributed by atoms with Crippen molar-refractivity contribution < 1.29 is 18.0 Å². The van der Waals surface area contributed by atoms with Gasteiger partial charge in [-0.15, -0.1) is 0 Å². The number of amides is 2. The molecule has 1 N–H and O–H groups in total. The molecule has 3 rings (SSSR count). The van der Waals surface area contributed by atoms with Crippen LogP contribution in [0.15, 0.2) is 77.7 Å². The molecule has 0 saturated carbocycles. The highest BCUT2D eigenvalue weighted by molar-refractivity contribution is 7.92. The third-order valence-electron chi connectivity index (χ3n) is 6.80. The van der Waals surface area contributed by atoms with Gasteiger partial charge in [-0.1, -0.05) is 67.9 Å². The number of aryl methyl sites for hydroxylation is 3. The second-order valence-corrected chi connectivity index (χ2v) is 11.7. The zero-order valence-corrected chi connectivity index (χ0v) is 24.3. The van der Waals surface area contributed by atoms with E-state index in [4.69, 9.17) is 0 Å². The zero-order valence-electron chi connectivity index (χ0n) is 23.5. The Morgan fingerprint density at radius 2 is 1.54 bits per heavy atom. The van der Waals surface area contributed by atoms with Crippen molar-refractivity contribution in [2.24, 2.45) is 0 Å². The molecule has 0 aliphatic carbocycles. The van der Waals surface area contributed by atoms with Gasteiger partial charge in [-0.25, -0.2) is 8.42 Å². The molecular formula is C31H39N3O4S. The first-order valence-corrected chi connectivity index (χ1v) is 14.8. The quantitative estimate of drug-likeness (QED) is 0.339. The molecular weight excluding hydrogens is 510 g/mol. The van der Waals surface area contributed by atoms with Crippen LogP contribution < -0.4 is 9.62 Å². The van der Waals surface area contributed by atoms with Crippen molar-refractivity contribution >= 4 is 27.5 Å². The SMILES string of the molecule is CCCNC(=O)C(CC)N(Cc1ccccc1)C(=O)CN(c1ccc(C)c(C)c1)S(=O)(=O)c1ccc(C)cc1. The zero-order chi connectivity index (χ0) is 28.6. The molecule has 0 aliphatic heterocycles. The predicted octanol–water partition coefficient (Wildman–Crippen LogP) is 5.14. The molecule has 0 bridgehead atoms. The first kappa shape index (κ1) is 29.9. The summed E-state index contributed by atoms with van der Waals surface area (Å²) in [4.78, 5) is 28.8. The van der Waals surface area contributed by atoms with Crippen LogP contribution in [0.1, 0.15) is 48.9 Å². The number of carbonyl (C=O) groups excluding carboxylic acids is 2. The van der Waals surface area contributed by atoms with Crippen molar-refractivity contribution in [1.29, 1.82) is 0 Å². The van der Waals surface area contributed by atoms with Crippen molar-refractivity contribution in [3.63, 3.8) is 0 Å². The third-order valence-corrected chi connectivity index (χ3v) is 8.59. The molecule has 0 fully saturated rings. The van der Waals surface area contributed by atoms with Gasteiger partial charge in [-0.05, 0) is 74.6 Å². The topological polar surface area (TPSA) is 86.8 Å². The largest absolute Gasteiger partial charge is 0.354 e. The molecule has 0 saturated heterocycles. The summed E-state index contributed by atoms with van der Waals surface area (Å²) in [5, 5.41) is 2.90. The van der Waals surface area contributed by atoms with Gasteiger partial charge in [-0.3, -0.25) is 13.9 Å². The van der Waals surface area contributed by atoms with E-state index in [1.807, 2.05) is 71.0 Å². The molecule has 1 unspecified atom stereocenters. The van der Waals surface area contributed by atoms with Crippen molar-refractivity contribution in [1.82, 2.24) is 10.2 Å². The Bertz CT molecular complexity index is 1370. The lowest BCUT2D eigenvalue weighted by molar-refractivity contribution is -0.140. The molecule has 39 heavy (non-hydrogen) atoms. The summed E-state index contributed by atoms with van der Waals surface area (Å²) < 4.78 is 29.0. The van der Waals surface area contributed by atoms with Crippen LogP contribution in [0.2, 0.25) is 0 Å². The minimum atomic E-state index is -4.08. The van der Waals surface area contributed by atoms with Gasteiger partial charge in [-0.2, -0.15) is 0 Å². The summed E-state index contributed by atoms with van der Waals surface area (Å²) in [6.45, 7) is 9.80. The minimum absolute atomic E-state index is 0.0986. The van der Waals surface area contributed by atoms with E-state index in [-0.39, 0.29) is 17.3 Å². The van der Waals surface area contributed by atoms with E-state index in [9.17, 15) is 18.0 Å². The standard InChI is InChI=1S/C31H39N3O4S/c1-6-19-32-31(36)29(7-2)33(21-26-11-9-8-10-12-26)30(35)22-34(27-16-15-24(4)25(5)20-27)39(37,38)28-17-13-23(3)14-18-28/h8-18,20,29H,6-7,19,21-22H2,1-5H3,(H,32,36). The average Bonchev–Trinajstić information content (AvgIpc) is 2.92. The first-order valence-electron chi connectivity index (χ1n) is 13.4.